The molecule has 0 aliphatic carbocycles. The monoisotopic (exact) mass is 400 g/mol. The van der Waals surface area contributed by atoms with Crippen LogP contribution in [0.2, 0.25) is 0 Å². The lowest BCUT2D eigenvalue weighted by molar-refractivity contribution is 1.02. The van der Waals surface area contributed by atoms with Gasteiger partial charge in [-0.3, -0.25) is 0 Å². The van der Waals surface area contributed by atoms with Crippen molar-refractivity contribution in [2.45, 2.75) is 38.4 Å². The van der Waals surface area contributed by atoms with Gasteiger partial charge in [-0.25, -0.2) is 0 Å². The Kier molecular flexibility index (Phi) is 5.27. The Morgan fingerprint density at radius 3 is 2.32 bits per heavy atom. The van der Waals surface area contributed by atoms with E-state index in [0.717, 1.165) is 12.8 Å². The Balaban J connectivity index is 2.35. The Bertz CT molecular complexity index is 553. The molecule has 0 fully saturated rings. The third-order valence-corrected chi connectivity index (χ3v) is 6.94. The average Bonchev–Trinajstić information content (AvgIpc) is 2.77. The van der Waals surface area contributed by atoms with Crippen LogP contribution in [0.25, 0.3) is 0 Å². The fourth-order valence-electron chi connectivity index (χ4n) is 2.25. The van der Waals surface area contributed by atoms with Crippen molar-refractivity contribution >= 4 is 43.2 Å². The summed E-state index contributed by atoms with van der Waals surface area (Å²) in [6.07, 6.45) is 2.21. The number of benzene rings is 1. The smallest absolute Gasteiger partial charge is 0.0738 e. The maximum absolute atomic E-state index is 3.84. The summed E-state index contributed by atoms with van der Waals surface area (Å²) in [5, 5.41) is 0. The molecule has 1 aromatic heterocycles. The van der Waals surface area contributed by atoms with Gasteiger partial charge in [0.15, 0.2) is 0 Å². The molecule has 0 saturated heterocycles. The lowest BCUT2D eigenvalue weighted by atomic mass is 9.98. The molecule has 0 aliphatic rings. The maximum atomic E-state index is 3.84. The number of hydrogen-bond acceptors (Lipinski definition) is 1. The van der Waals surface area contributed by atoms with E-state index >= 15 is 0 Å². The third-order valence-electron chi connectivity index (χ3n) is 3.41. The predicted octanol–water partition coefficient (Wildman–Crippen LogP) is 6.43. The van der Waals surface area contributed by atoms with Crippen LogP contribution in [-0.2, 0) is 12.8 Å². The normalized spacial score (nSPS) is 12.7. The van der Waals surface area contributed by atoms with Crippen LogP contribution in [0.15, 0.2) is 28.1 Å². The van der Waals surface area contributed by atoms with Crippen molar-refractivity contribution in [2.24, 2.45) is 0 Å². The van der Waals surface area contributed by atoms with Crippen molar-refractivity contribution in [1.82, 2.24) is 0 Å². The van der Waals surface area contributed by atoms with Gasteiger partial charge in [0, 0.05) is 4.88 Å². The molecule has 0 N–H and O–H groups in total. The molecule has 0 radical (unpaired) electrons. The maximum Gasteiger partial charge on any atom is 0.0738 e. The third kappa shape index (κ3) is 3.32. The number of aryl methyl sites for hydroxylation is 3. The molecule has 0 saturated carbocycles. The SMILES string of the molecule is CCc1ccc(C(Br)c2cc(C)c(Br)s2)cc1CC. The molecule has 1 heterocycles. The van der Waals surface area contributed by atoms with Gasteiger partial charge in [-0.1, -0.05) is 48.0 Å². The van der Waals surface area contributed by atoms with Gasteiger partial charge in [-0.05, 0) is 64.0 Å². The van der Waals surface area contributed by atoms with Gasteiger partial charge in [0.25, 0.3) is 0 Å². The van der Waals surface area contributed by atoms with Crippen molar-refractivity contribution in [3.63, 3.8) is 0 Å². The summed E-state index contributed by atoms with van der Waals surface area (Å²) in [7, 11) is 0. The Labute approximate surface area is 136 Å². The molecule has 0 nitrogen and oxygen atoms in total. The minimum atomic E-state index is 0.290. The van der Waals surface area contributed by atoms with Gasteiger partial charge in [0.05, 0.1) is 8.61 Å². The van der Waals surface area contributed by atoms with E-state index < -0.39 is 0 Å². The molecule has 1 unspecified atom stereocenters. The highest BCUT2D eigenvalue weighted by Crippen LogP contribution is 2.39. The molecular formula is C16H18Br2S. The van der Waals surface area contributed by atoms with Gasteiger partial charge in [-0.15, -0.1) is 11.3 Å². The van der Waals surface area contributed by atoms with Gasteiger partial charge in [0.1, 0.15) is 0 Å². The van der Waals surface area contributed by atoms with Crippen LogP contribution in [0.3, 0.4) is 0 Å². The molecule has 1 atom stereocenters. The summed E-state index contributed by atoms with van der Waals surface area (Å²) in [6.45, 7) is 6.59. The minimum absolute atomic E-state index is 0.290. The van der Waals surface area contributed by atoms with E-state index in [-0.39, 0.29) is 0 Å². The molecule has 0 spiro atoms. The number of thiophene rings is 1. The first-order valence-electron chi connectivity index (χ1n) is 6.58. The van der Waals surface area contributed by atoms with Gasteiger partial charge < -0.3 is 0 Å². The van der Waals surface area contributed by atoms with Crippen LogP contribution >= 0.6 is 43.2 Å². The molecule has 2 aromatic rings. The first-order valence-corrected chi connectivity index (χ1v) is 9.10. The van der Waals surface area contributed by atoms with Crippen LogP contribution in [0.5, 0.6) is 0 Å². The molecule has 102 valence electrons. The first kappa shape index (κ1) is 15.3. The number of alkyl halides is 1. The van der Waals surface area contributed by atoms with E-state index in [9.17, 15) is 0 Å². The van der Waals surface area contributed by atoms with Gasteiger partial charge >= 0.3 is 0 Å². The summed E-state index contributed by atoms with van der Waals surface area (Å²) in [6, 6.07) is 9.13. The minimum Gasteiger partial charge on any atom is -0.131 e. The zero-order valence-corrected chi connectivity index (χ0v) is 15.5. The van der Waals surface area contributed by atoms with E-state index in [1.807, 2.05) is 11.3 Å². The van der Waals surface area contributed by atoms with Crippen molar-refractivity contribution in [3.05, 3.63) is 55.2 Å². The molecule has 0 bridgehead atoms. The Hall–Kier alpha value is -0.120. The summed E-state index contributed by atoms with van der Waals surface area (Å²) in [5.41, 5.74) is 5.60. The number of rotatable bonds is 4. The highest BCUT2D eigenvalue weighted by Gasteiger charge is 2.15. The molecule has 0 amide bonds. The first-order chi connectivity index (χ1) is 9.06. The van der Waals surface area contributed by atoms with Crippen LogP contribution in [0, 0.1) is 6.92 Å². The highest BCUT2D eigenvalue weighted by molar-refractivity contribution is 9.11. The van der Waals surface area contributed by atoms with Crippen molar-refractivity contribution < 1.29 is 0 Å². The molecule has 0 aliphatic heterocycles. The number of hydrogen-bond donors (Lipinski definition) is 0. The van der Waals surface area contributed by atoms with Crippen LogP contribution in [0.1, 0.15) is 45.8 Å². The molecule has 1 aromatic carbocycles. The van der Waals surface area contributed by atoms with E-state index in [1.54, 1.807) is 0 Å². The fraction of sp³-hybridized carbons (Fsp3) is 0.375. The Morgan fingerprint density at radius 1 is 1.11 bits per heavy atom. The second-order valence-electron chi connectivity index (χ2n) is 4.70. The zero-order chi connectivity index (χ0) is 14.0. The largest absolute Gasteiger partial charge is 0.131 e. The van der Waals surface area contributed by atoms with E-state index in [4.69, 9.17) is 0 Å². The number of halogens is 2. The van der Waals surface area contributed by atoms with E-state index in [2.05, 4.69) is 76.9 Å². The van der Waals surface area contributed by atoms with Crippen molar-refractivity contribution in [2.75, 3.05) is 0 Å². The van der Waals surface area contributed by atoms with Crippen molar-refractivity contribution in [3.8, 4) is 0 Å². The predicted molar refractivity (Wildman–Crippen MR) is 92.7 cm³/mol. The van der Waals surface area contributed by atoms with Crippen LogP contribution in [0.4, 0.5) is 0 Å². The Morgan fingerprint density at radius 2 is 1.79 bits per heavy atom. The summed E-state index contributed by atoms with van der Waals surface area (Å²) >= 11 is 9.26. The van der Waals surface area contributed by atoms with Gasteiger partial charge in [0.2, 0.25) is 0 Å². The molecule has 2 rings (SSSR count). The second-order valence-corrected chi connectivity index (χ2v) is 8.02. The standard InChI is InChI=1S/C16H18Br2S/c1-4-11-6-7-13(9-12(11)5-2)15(17)14-8-10(3)16(18)19-14/h6-9,15H,4-5H2,1-3H3. The summed E-state index contributed by atoms with van der Waals surface area (Å²) in [5.74, 6) is 0. The molecule has 19 heavy (non-hydrogen) atoms. The van der Waals surface area contributed by atoms with E-state index in [0.29, 0.717) is 4.83 Å². The highest BCUT2D eigenvalue weighted by atomic mass is 79.9. The molecule has 3 heteroatoms. The quantitative estimate of drug-likeness (QED) is 0.518. The lowest BCUT2D eigenvalue weighted by Gasteiger charge is -2.12. The summed E-state index contributed by atoms with van der Waals surface area (Å²) < 4.78 is 1.23. The molecular weight excluding hydrogens is 384 g/mol. The van der Waals surface area contributed by atoms with Crippen LogP contribution < -0.4 is 0 Å². The lowest BCUT2D eigenvalue weighted by Crippen LogP contribution is -1.96. The van der Waals surface area contributed by atoms with Crippen molar-refractivity contribution in [1.29, 1.82) is 0 Å². The topological polar surface area (TPSA) is 0 Å². The fourth-order valence-corrected chi connectivity index (χ4v) is 4.52. The van der Waals surface area contributed by atoms with Gasteiger partial charge in [-0.2, -0.15) is 0 Å². The zero-order valence-electron chi connectivity index (χ0n) is 11.5. The van der Waals surface area contributed by atoms with Crippen LogP contribution in [-0.4, -0.2) is 0 Å². The average molecular weight is 402 g/mol. The second kappa shape index (κ2) is 6.55. The van der Waals surface area contributed by atoms with E-state index in [1.165, 1.54) is 30.9 Å². The summed E-state index contributed by atoms with van der Waals surface area (Å²) in [4.78, 5) is 1.65.